The van der Waals surface area contributed by atoms with E-state index in [4.69, 9.17) is 0 Å². The fourth-order valence-corrected chi connectivity index (χ4v) is 4.78. The molecule has 1 atom stereocenters. The number of thiazole rings is 1. The molecule has 1 unspecified atom stereocenters. The number of aromatic nitrogens is 1. The summed E-state index contributed by atoms with van der Waals surface area (Å²) in [7, 11) is 0. The molecular weight excluding hydrogens is 418 g/mol. The molecule has 3 aromatic rings. The molecule has 0 radical (unpaired) electrons. The smallest absolute Gasteiger partial charge is 0.254 e. The molecule has 6 heteroatoms. The zero-order valence-corrected chi connectivity index (χ0v) is 19.6. The highest BCUT2D eigenvalue weighted by atomic mass is 32.1. The number of carbonyl (C=O) groups is 2. The van der Waals surface area contributed by atoms with Crippen molar-refractivity contribution >= 4 is 23.2 Å². The number of benzene rings is 2. The minimum atomic E-state index is -0.433. The molecule has 5 nitrogen and oxygen atoms in total. The van der Waals surface area contributed by atoms with Gasteiger partial charge in [0.25, 0.3) is 5.91 Å². The van der Waals surface area contributed by atoms with Crippen molar-refractivity contribution in [3.05, 3.63) is 76.8 Å². The van der Waals surface area contributed by atoms with Crippen LogP contribution in [0.15, 0.2) is 60.0 Å². The summed E-state index contributed by atoms with van der Waals surface area (Å²) in [5.74, 6) is -0.195. The van der Waals surface area contributed by atoms with Crippen molar-refractivity contribution in [1.82, 2.24) is 15.2 Å². The van der Waals surface area contributed by atoms with Crippen LogP contribution in [0.3, 0.4) is 0 Å². The number of amides is 2. The average molecular weight is 448 g/mol. The van der Waals surface area contributed by atoms with Crippen LogP contribution in [0.4, 0.5) is 0 Å². The van der Waals surface area contributed by atoms with Crippen LogP contribution in [0.2, 0.25) is 0 Å². The maximum atomic E-state index is 13.1. The van der Waals surface area contributed by atoms with E-state index in [-0.39, 0.29) is 17.2 Å². The Morgan fingerprint density at radius 1 is 1.09 bits per heavy atom. The van der Waals surface area contributed by atoms with E-state index in [0.29, 0.717) is 25.1 Å². The summed E-state index contributed by atoms with van der Waals surface area (Å²) in [4.78, 5) is 32.3. The van der Waals surface area contributed by atoms with Crippen LogP contribution in [-0.4, -0.2) is 34.3 Å². The quantitative estimate of drug-likeness (QED) is 0.597. The maximum absolute atomic E-state index is 13.1. The molecule has 166 valence electrons. The van der Waals surface area contributed by atoms with E-state index in [1.807, 2.05) is 60.0 Å². The van der Waals surface area contributed by atoms with Crippen molar-refractivity contribution in [2.45, 2.75) is 51.6 Å². The van der Waals surface area contributed by atoms with Gasteiger partial charge >= 0.3 is 0 Å². The maximum Gasteiger partial charge on any atom is 0.254 e. The van der Waals surface area contributed by atoms with Gasteiger partial charge in [0.05, 0.1) is 12.2 Å². The van der Waals surface area contributed by atoms with Gasteiger partial charge in [0, 0.05) is 23.1 Å². The summed E-state index contributed by atoms with van der Waals surface area (Å²) in [5, 5.41) is 5.89. The molecule has 1 fully saturated rings. The summed E-state index contributed by atoms with van der Waals surface area (Å²) in [6.45, 7) is 7.41. The van der Waals surface area contributed by atoms with Gasteiger partial charge in [0.2, 0.25) is 5.91 Å². The Morgan fingerprint density at radius 2 is 1.81 bits per heavy atom. The first-order chi connectivity index (χ1) is 15.3. The second-order valence-corrected chi connectivity index (χ2v) is 10.1. The molecule has 2 aromatic carbocycles. The SMILES string of the molecule is CC(C)(C)c1ccc(C(=O)N2CCCC2C(=O)NCc2csc(-c3ccccc3)n2)cc1. The molecule has 1 aliphatic rings. The summed E-state index contributed by atoms with van der Waals surface area (Å²) in [6, 6.07) is 17.3. The summed E-state index contributed by atoms with van der Waals surface area (Å²) < 4.78 is 0. The Kier molecular flexibility index (Phi) is 6.42. The van der Waals surface area contributed by atoms with Crippen LogP contribution in [0.5, 0.6) is 0 Å². The van der Waals surface area contributed by atoms with Crippen LogP contribution in [0.25, 0.3) is 10.6 Å². The van der Waals surface area contributed by atoms with Gasteiger partial charge in [-0.05, 0) is 36.0 Å². The Hall–Kier alpha value is -2.99. The lowest BCUT2D eigenvalue weighted by molar-refractivity contribution is -0.125. The van der Waals surface area contributed by atoms with Crippen molar-refractivity contribution in [3.63, 3.8) is 0 Å². The number of nitrogens with one attached hydrogen (secondary N) is 1. The number of carbonyl (C=O) groups excluding carboxylic acids is 2. The van der Waals surface area contributed by atoms with Crippen LogP contribution < -0.4 is 5.32 Å². The van der Waals surface area contributed by atoms with Crippen LogP contribution in [0.1, 0.15) is 55.2 Å². The van der Waals surface area contributed by atoms with Crippen molar-refractivity contribution < 1.29 is 9.59 Å². The zero-order chi connectivity index (χ0) is 22.7. The Morgan fingerprint density at radius 3 is 2.50 bits per heavy atom. The van der Waals surface area contributed by atoms with Gasteiger partial charge in [-0.1, -0.05) is 63.2 Å². The van der Waals surface area contributed by atoms with Gasteiger partial charge in [0.1, 0.15) is 11.0 Å². The van der Waals surface area contributed by atoms with E-state index in [2.05, 4.69) is 31.1 Å². The van der Waals surface area contributed by atoms with E-state index in [9.17, 15) is 9.59 Å². The van der Waals surface area contributed by atoms with Gasteiger partial charge in [-0.25, -0.2) is 4.98 Å². The van der Waals surface area contributed by atoms with E-state index < -0.39 is 6.04 Å². The molecule has 0 bridgehead atoms. The predicted molar refractivity (Wildman–Crippen MR) is 129 cm³/mol. The second-order valence-electron chi connectivity index (χ2n) is 9.21. The lowest BCUT2D eigenvalue weighted by atomic mass is 9.86. The van der Waals surface area contributed by atoms with Crippen molar-refractivity contribution in [3.8, 4) is 10.6 Å². The summed E-state index contributed by atoms with van der Waals surface area (Å²) >= 11 is 1.57. The minimum Gasteiger partial charge on any atom is -0.349 e. The molecular formula is C26H29N3O2S. The number of hydrogen-bond donors (Lipinski definition) is 1. The highest BCUT2D eigenvalue weighted by Gasteiger charge is 2.34. The first kappa shape index (κ1) is 22.2. The second kappa shape index (κ2) is 9.25. The van der Waals surface area contributed by atoms with Crippen LogP contribution in [0, 0.1) is 0 Å². The lowest BCUT2D eigenvalue weighted by Gasteiger charge is -2.24. The minimum absolute atomic E-state index is 0.0354. The zero-order valence-electron chi connectivity index (χ0n) is 18.8. The van der Waals surface area contributed by atoms with Crippen molar-refractivity contribution in [2.75, 3.05) is 6.54 Å². The fraction of sp³-hybridized carbons (Fsp3) is 0.346. The Labute approximate surface area is 193 Å². The monoisotopic (exact) mass is 447 g/mol. The third-order valence-corrected chi connectivity index (χ3v) is 6.77. The lowest BCUT2D eigenvalue weighted by Crippen LogP contribution is -2.45. The molecule has 0 saturated carbocycles. The predicted octanol–water partition coefficient (Wildman–Crippen LogP) is 5.03. The first-order valence-electron chi connectivity index (χ1n) is 11.0. The van der Waals surface area contributed by atoms with E-state index in [1.54, 1.807) is 16.2 Å². The van der Waals surface area contributed by atoms with Gasteiger partial charge in [-0.15, -0.1) is 11.3 Å². The van der Waals surface area contributed by atoms with Gasteiger partial charge in [-0.3, -0.25) is 9.59 Å². The molecule has 0 spiro atoms. The standard InChI is InChI=1S/C26H29N3O2S/c1-26(2,3)20-13-11-19(12-14-20)25(31)29-15-7-10-22(29)23(30)27-16-21-17-32-24(28-21)18-8-5-4-6-9-18/h4-6,8-9,11-14,17,22H,7,10,15-16H2,1-3H3,(H,27,30). The van der Waals surface area contributed by atoms with Gasteiger partial charge in [0.15, 0.2) is 0 Å². The van der Waals surface area contributed by atoms with Gasteiger partial charge in [-0.2, -0.15) is 0 Å². The van der Waals surface area contributed by atoms with Crippen LogP contribution >= 0.6 is 11.3 Å². The molecule has 4 rings (SSSR count). The number of hydrogen-bond acceptors (Lipinski definition) is 4. The fourth-order valence-electron chi connectivity index (χ4n) is 3.96. The molecule has 1 saturated heterocycles. The number of rotatable bonds is 5. The third kappa shape index (κ3) is 4.91. The van der Waals surface area contributed by atoms with Crippen molar-refractivity contribution in [1.29, 1.82) is 0 Å². The average Bonchev–Trinajstić information content (AvgIpc) is 3.47. The molecule has 2 amide bonds. The third-order valence-electron chi connectivity index (χ3n) is 5.83. The molecule has 1 aromatic heterocycles. The van der Waals surface area contributed by atoms with E-state index in [0.717, 1.165) is 22.7 Å². The van der Waals surface area contributed by atoms with E-state index in [1.165, 1.54) is 5.56 Å². The number of likely N-dealkylation sites (tertiary alicyclic amines) is 1. The Bertz CT molecular complexity index is 1080. The largest absolute Gasteiger partial charge is 0.349 e. The highest BCUT2D eigenvalue weighted by Crippen LogP contribution is 2.25. The normalized spacial score (nSPS) is 16.2. The molecule has 0 aliphatic carbocycles. The summed E-state index contributed by atoms with van der Waals surface area (Å²) in [5.41, 5.74) is 3.75. The van der Waals surface area contributed by atoms with Crippen molar-refractivity contribution in [2.24, 2.45) is 0 Å². The summed E-state index contributed by atoms with van der Waals surface area (Å²) in [6.07, 6.45) is 1.52. The van der Waals surface area contributed by atoms with Gasteiger partial charge < -0.3 is 10.2 Å². The molecule has 1 N–H and O–H groups in total. The topological polar surface area (TPSA) is 62.3 Å². The number of nitrogens with zero attached hydrogens (tertiary/aromatic N) is 2. The first-order valence-corrected chi connectivity index (χ1v) is 11.9. The molecule has 1 aliphatic heterocycles. The molecule has 32 heavy (non-hydrogen) atoms. The van der Waals surface area contributed by atoms with Crippen LogP contribution in [-0.2, 0) is 16.8 Å². The highest BCUT2D eigenvalue weighted by molar-refractivity contribution is 7.13. The van der Waals surface area contributed by atoms with E-state index >= 15 is 0 Å². The Balaban J connectivity index is 1.38. The molecule has 2 heterocycles.